The summed E-state index contributed by atoms with van der Waals surface area (Å²) in [6.07, 6.45) is 9.35. The van der Waals surface area contributed by atoms with Gasteiger partial charge in [0.1, 0.15) is 5.54 Å². The predicted molar refractivity (Wildman–Crippen MR) is 88.1 cm³/mol. The van der Waals surface area contributed by atoms with Gasteiger partial charge in [-0.2, -0.15) is 0 Å². The molecule has 3 rings (SSSR count). The van der Waals surface area contributed by atoms with Crippen molar-refractivity contribution in [1.29, 1.82) is 0 Å². The van der Waals surface area contributed by atoms with Gasteiger partial charge in [-0.25, -0.2) is 4.79 Å². The molecule has 0 radical (unpaired) electrons. The van der Waals surface area contributed by atoms with Gasteiger partial charge in [0.15, 0.2) is 0 Å². The number of allylic oxidation sites excluding steroid dienone is 1. The predicted octanol–water partition coefficient (Wildman–Crippen LogP) is 1.56. The van der Waals surface area contributed by atoms with Crippen LogP contribution in [0.25, 0.3) is 0 Å². The number of aliphatic carboxylic acids is 1. The number of hydrogen-bond acceptors (Lipinski definition) is 3. The lowest BCUT2D eigenvalue weighted by Gasteiger charge is -2.26. The maximum atomic E-state index is 12.7. The van der Waals surface area contributed by atoms with Gasteiger partial charge in [0.05, 0.1) is 0 Å². The Balaban J connectivity index is 1.82. The first kappa shape index (κ1) is 17.0. The van der Waals surface area contributed by atoms with Gasteiger partial charge < -0.3 is 15.3 Å². The van der Waals surface area contributed by atoms with Crippen LogP contribution >= 0.6 is 0 Å². The minimum absolute atomic E-state index is 0.0250. The first-order valence-electron chi connectivity index (χ1n) is 8.93. The smallest absolute Gasteiger partial charge is 0.330 e. The van der Waals surface area contributed by atoms with Crippen LogP contribution in [0.3, 0.4) is 0 Å². The Hall–Kier alpha value is -1.85. The molecule has 3 aliphatic rings. The Bertz CT molecular complexity index is 573. The molecular formula is C18H26N2O4. The van der Waals surface area contributed by atoms with Crippen LogP contribution in [0.15, 0.2) is 12.2 Å². The Morgan fingerprint density at radius 2 is 2.00 bits per heavy atom. The summed E-state index contributed by atoms with van der Waals surface area (Å²) in [6, 6.07) is 0. The lowest BCUT2D eigenvalue weighted by atomic mass is 9.93. The first-order chi connectivity index (χ1) is 11.5. The van der Waals surface area contributed by atoms with Crippen LogP contribution < -0.4 is 5.32 Å². The van der Waals surface area contributed by atoms with Gasteiger partial charge in [0, 0.05) is 31.3 Å². The van der Waals surface area contributed by atoms with Crippen molar-refractivity contribution in [1.82, 2.24) is 10.2 Å². The topological polar surface area (TPSA) is 86.7 Å². The van der Waals surface area contributed by atoms with E-state index in [1.165, 1.54) is 0 Å². The minimum Gasteiger partial charge on any atom is -0.479 e. The second kappa shape index (κ2) is 6.57. The zero-order valence-electron chi connectivity index (χ0n) is 14.2. The Morgan fingerprint density at radius 1 is 1.25 bits per heavy atom. The molecule has 1 heterocycles. The van der Waals surface area contributed by atoms with Crippen LogP contribution in [0.4, 0.5) is 0 Å². The van der Waals surface area contributed by atoms with E-state index in [2.05, 4.69) is 5.32 Å². The standard InChI is InChI=1S/C18H26N2O4/c1-20-10-5-3-2-4-7-12-11-18(12,17(23)24)19-15(21)13-8-6-9-14(13)16(20)22/h4,7,12-14H,2-3,5-6,8-11H2,1H3,(H,19,21)(H,23,24). The third kappa shape index (κ3) is 3.06. The highest BCUT2D eigenvalue weighted by atomic mass is 16.4. The lowest BCUT2D eigenvalue weighted by molar-refractivity contribution is -0.145. The van der Waals surface area contributed by atoms with Crippen molar-refractivity contribution in [2.75, 3.05) is 13.6 Å². The number of nitrogens with one attached hydrogen (secondary N) is 1. The van der Waals surface area contributed by atoms with E-state index in [-0.39, 0.29) is 23.7 Å². The third-order valence-corrected chi connectivity index (χ3v) is 5.77. The molecule has 0 spiro atoms. The molecule has 0 aromatic carbocycles. The molecule has 0 aromatic rings. The summed E-state index contributed by atoms with van der Waals surface area (Å²) in [4.78, 5) is 38.8. The van der Waals surface area contributed by atoms with Gasteiger partial charge in [0.2, 0.25) is 11.8 Å². The van der Waals surface area contributed by atoms with Gasteiger partial charge in [-0.05, 0) is 38.5 Å². The van der Waals surface area contributed by atoms with E-state index in [9.17, 15) is 19.5 Å². The largest absolute Gasteiger partial charge is 0.479 e. The maximum Gasteiger partial charge on any atom is 0.330 e. The zero-order valence-corrected chi connectivity index (χ0v) is 14.2. The molecule has 1 aliphatic heterocycles. The van der Waals surface area contributed by atoms with Gasteiger partial charge in [0.25, 0.3) is 0 Å². The van der Waals surface area contributed by atoms with E-state index >= 15 is 0 Å². The zero-order chi connectivity index (χ0) is 17.3. The summed E-state index contributed by atoms with van der Waals surface area (Å²) in [5.41, 5.74) is -1.17. The Kier molecular flexibility index (Phi) is 4.65. The average molecular weight is 334 g/mol. The molecule has 132 valence electrons. The van der Waals surface area contributed by atoms with Gasteiger partial charge >= 0.3 is 5.97 Å². The number of rotatable bonds is 1. The molecule has 6 nitrogen and oxygen atoms in total. The third-order valence-electron chi connectivity index (χ3n) is 5.77. The van der Waals surface area contributed by atoms with Crippen LogP contribution in [-0.2, 0) is 14.4 Å². The van der Waals surface area contributed by atoms with Crippen molar-refractivity contribution in [2.45, 2.75) is 50.5 Å². The monoisotopic (exact) mass is 334 g/mol. The lowest BCUT2D eigenvalue weighted by Crippen LogP contribution is -2.49. The summed E-state index contributed by atoms with van der Waals surface area (Å²) >= 11 is 0. The number of nitrogens with zero attached hydrogens (tertiary/aromatic N) is 1. The van der Waals surface area contributed by atoms with E-state index in [1.54, 1.807) is 11.9 Å². The molecular weight excluding hydrogens is 308 g/mol. The van der Waals surface area contributed by atoms with Crippen molar-refractivity contribution >= 4 is 17.8 Å². The van der Waals surface area contributed by atoms with Crippen LogP contribution in [0.5, 0.6) is 0 Å². The number of carboxylic acids is 1. The molecule has 2 amide bonds. The van der Waals surface area contributed by atoms with E-state index in [1.807, 2.05) is 12.2 Å². The fourth-order valence-electron chi connectivity index (χ4n) is 4.11. The molecule has 24 heavy (non-hydrogen) atoms. The van der Waals surface area contributed by atoms with E-state index < -0.39 is 17.4 Å². The van der Waals surface area contributed by atoms with E-state index in [0.717, 1.165) is 25.7 Å². The highest BCUT2D eigenvalue weighted by molar-refractivity contribution is 5.94. The van der Waals surface area contributed by atoms with Crippen molar-refractivity contribution in [2.24, 2.45) is 17.8 Å². The summed E-state index contributed by atoms with van der Waals surface area (Å²) in [7, 11) is 1.80. The summed E-state index contributed by atoms with van der Waals surface area (Å²) in [5, 5.41) is 12.3. The van der Waals surface area contributed by atoms with E-state index in [0.29, 0.717) is 25.8 Å². The molecule has 0 saturated heterocycles. The Labute approximate surface area is 142 Å². The second-order valence-corrected chi connectivity index (χ2v) is 7.40. The number of fused-ring (bicyclic) bond motifs is 2. The molecule has 4 atom stereocenters. The molecule has 0 aromatic heterocycles. The Morgan fingerprint density at radius 3 is 2.75 bits per heavy atom. The quantitative estimate of drug-likeness (QED) is 0.713. The van der Waals surface area contributed by atoms with Crippen molar-refractivity contribution < 1.29 is 19.5 Å². The highest BCUT2D eigenvalue weighted by Crippen LogP contribution is 2.46. The number of carbonyl (C=O) groups excluding carboxylic acids is 2. The molecule has 2 aliphatic carbocycles. The number of amides is 2. The highest BCUT2D eigenvalue weighted by Gasteiger charge is 2.61. The van der Waals surface area contributed by atoms with E-state index in [4.69, 9.17) is 0 Å². The van der Waals surface area contributed by atoms with Crippen molar-refractivity contribution in [3.05, 3.63) is 12.2 Å². The average Bonchev–Trinajstić information content (AvgIpc) is 3.03. The van der Waals surface area contributed by atoms with Gasteiger partial charge in [-0.3, -0.25) is 9.59 Å². The van der Waals surface area contributed by atoms with Crippen LogP contribution in [0.1, 0.15) is 44.9 Å². The number of carbonyl (C=O) groups is 3. The first-order valence-corrected chi connectivity index (χ1v) is 8.93. The summed E-state index contributed by atoms with van der Waals surface area (Å²) in [6.45, 7) is 0.708. The minimum atomic E-state index is -1.17. The second-order valence-electron chi connectivity index (χ2n) is 7.40. The summed E-state index contributed by atoms with van der Waals surface area (Å²) in [5.74, 6) is -2.07. The van der Waals surface area contributed by atoms with Crippen molar-refractivity contribution in [3.63, 3.8) is 0 Å². The number of hydrogen-bond donors (Lipinski definition) is 2. The number of carboxylic acid groups (broad SMARTS) is 1. The molecule has 2 fully saturated rings. The fraction of sp³-hybridized carbons (Fsp3) is 0.722. The fourth-order valence-corrected chi connectivity index (χ4v) is 4.11. The molecule has 6 heteroatoms. The molecule has 2 N–H and O–H groups in total. The van der Waals surface area contributed by atoms with Gasteiger partial charge in [-0.15, -0.1) is 0 Å². The van der Waals surface area contributed by atoms with Gasteiger partial charge in [-0.1, -0.05) is 18.6 Å². The van der Waals surface area contributed by atoms with Crippen LogP contribution in [0.2, 0.25) is 0 Å². The SMILES string of the molecule is CN1CCCCC=CC2CC2(C(=O)O)NC(=O)C2CCCC2C1=O. The molecule has 2 saturated carbocycles. The normalized spacial score (nSPS) is 37.2. The summed E-state index contributed by atoms with van der Waals surface area (Å²) < 4.78 is 0. The molecule has 0 bridgehead atoms. The van der Waals surface area contributed by atoms with Crippen LogP contribution in [-0.4, -0.2) is 46.9 Å². The molecule has 4 unspecified atom stereocenters. The van der Waals surface area contributed by atoms with Crippen molar-refractivity contribution in [3.8, 4) is 0 Å². The van der Waals surface area contributed by atoms with Crippen LogP contribution in [0, 0.1) is 17.8 Å². The maximum absolute atomic E-state index is 12.7.